The lowest BCUT2D eigenvalue weighted by molar-refractivity contribution is -0.187. The van der Waals surface area contributed by atoms with Crippen LogP contribution < -0.4 is 0 Å². The van der Waals surface area contributed by atoms with Crippen molar-refractivity contribution in [1.29, 1.82) is 0 Å². The molecule has 2 atom stereocenters. The van der Waals surface area contributed by atoms with Crippen LogP contribution in [0.2, 0.25) is 0 Å². The van der Waals surface area contributed by atoms with Gasteiger partial charge in [-0.25, -0.2) is 9.59 Å². The van der Waals surface area contributed by atoms with E-state index in [2.05, 4.69) is 0 Å². The molecule has 0 aliphatic rings. The number of carbonyl (C=O) groups is 4. The number of ketones is 2. The van der Waals surface area contributed by atoms with Gasteiger partial charge in [0.2, 0.25) is 11.6 Å². The molecule has 4 N–H and O–H groups in total. The summed E-state index contributed by atoms with van der Waals surface area (Å²) in [5, 5.41) is 39.9. The van der Waals surface area contributed by atoms with Crippen LogP contribution in [-0.4, -0.2) is 55.1 Å². The third kappa shape index (κ3) is 2.77. The first-order valence-electron chi connectivity index (χ1n) is 7.28. The molecule has 0 aromatic heterocycles. The van der Waals surface area contributed by atoms with E-state index in [-0.39, 0.29) is 1.43 Å². The smallest absolute Gasteiger partial charge is 0.348 e. The Morgan fingerprint density at radius 1 is 0.615 bits per heavy atom. The molecule has 26 heavy (non-hydrogen) atoms. The Kier molecular flexibility index (Phi) is 5.01. The van der Waals surface area contributed by atoms with Gasteiger partial charge in [-0.05, 0) is 0 Å². The highest BCUT2D eigenvalue weighted by atomic mass is 16.5. The maximum absolute atomic E-state index is 12.6. The zero-order valence-electron chi connectivity index (χ0n) is 13.2. The summed E-state index contributed by atoms with van der Waals surface area (Å²) >= 11 is 0. The molecular formula is C18H16O8. The Morgan fingerprint density at radius 2 is 0.885 bits per heavy atom. The van der Waals surface area contributed by atoms with Crippen molar-refractivity contribution in [3.63, 3.8) is 0 Å². The van der Waals surface area contributed by atoms with E-state index in [0.717, 1.165) is 24.3 Å². The second-order valence-electron chi connectivity index (χ2n) is 5.42. The molecule has 0 spiro atoms. The summed E-state index contributed by atoms with van der Waals surface area (Å²) in [6.07, 6.45) is 0. The van der Waals surface area contributed by atoms with Gasteiger partial charge in [0, 0.05) is 12.6 Å². The van der Waals surface area contributed by atoms with Crippen LogP contribution in [0.4, 0.5) is 0 Å². The Labute approximate surface area is 148 Å². The minimum Gasteiger partial charge on any atom is -0.479 e. The van der Waals surface area contributed by atoms with Gasteiger partial charge < -0.3 is 20.4 Å². The Bertz CT molecular complexity index is 794. The summed E-state index contributed by atoms with van der Waals surface area (Å²) in [5.74, 6) is -8.03. The number of hydrogen-bond acceptors (Lipinski definition) is 6. The second-order valence-corrected chi connectivity index (χ2v) is 5.42. The van der Waals surface area contributed by atoms with Crippen LogP contribution in [0.5, 0.6) is 0 Å². The van der Waals surface area contributed by atoms with Gasteiger partial charge in [0.15, 0.2) is 0 Å². The fraction of sp³-hybridized carbons (Fsp3) is 0.111. The molecule has 8 heteroatoms. The van der Waals surface area contributed by atoms with Gasteiger partial charge in [0.1, 0.15) is 0 Å². The normalized spacial score (nSPS) is 15.3. The monoisotopic (exact) mass is 360 g/mol. The van der Waals surface area contributed by atoms with E-state index in [1.807, 2.05) is 0 Å². The zero-order valence-corrected chi connectivity index (χ0v) is 13.2. The first kappa shape index (κ1) is 19.0. The van der Waals surface area contributed by atoms with Crippen LogP contribution in [0.15, 0.2) is 60.7 Å². The molecule has 0 fully saturated rings. The molecule has 0 heterocycles. The summed E-state index contributed by atoms with van der Waals surface area (Å²) in [5.41, 5.74) is -8.68. The van der Waals surface area contributed by atoms with E-state index in [4.69, 9.17) is 0 Å². The molecule has 2 rings (SSSR count). The van der Waals surface area contributed by atoms with Crippen molar-refractivity contribution < 1.29 is 41.0 Å². The second kappa shape index (κ2) is 6.87. The van der Waals surface area contributed by atoms with E-state index in [9.17, 15) is 39.6 Å². The van der Waals surface area contributed by atoms with Gasteiger partial charge in [0.25, 0.3) is 11.2 Å². The SMILES string of the molecule is O=C(O)C(O)(C(=O)c1ccccc1)C(O)(C(=O)O)C(=O)c1ccccc1.[HH]. The van der Waals surface area contributed by atoms with Gasteiger partial charge in [-0.15, -0.1) is 0 Å². The van der Waals surface area contributed by atoms with Crippen LogP contribution in [0.1, 0.15) is 22.1 Å². The predicted octanol–water partition coefficient (Wildman–Crippen LogP) is 0.630. The predicted molar refractivity (Wildman–Crippen MR) is 88.8 cm³/mol. The molecule has 8 nitrogen and oxygen atoms in total. The summed E-state index contributed by atoms with van der Waals surface area (Å²) in [6, 6.07) is 12.8. The molecule has 0 bridgehead atoms. The first-order valence-corrected chi connectivity index (χ1v) is 7.28. The molecule has 0 saturated heterocycles. The summed E-state index contributed by atoms with van der Waals surface area (Å²) in [7, 11) is 0. The third-order valence-electron chi connectivity index (χ3n) is 3.87. The third-order valence-corrected chi connectivity index (χ3v) is 3.87. The highest BCUT2D eigenvalue weighted by Gasteiger charge is 2.69. The molecule has 136 valence electrons. The number of aliphatic carboxylic acids is 2. The van der Waals surface area contributed by atoms with E-state index < -0.39 is 45.8 Å². The highest BCUT2D eigenvalue weighted by Crippen LogP contribution is 2.31. The van der Waals surface area contributed by atoms with Crippen molar-refractivity contribution in [1.82, 2.24) is 0 Å². The van der Waals surface area contributed by atoms with Crippen LogP contribution in [-0.2, 0) is 9.59 Å². The highest BCUT2D eigenvalue weighted by molar-refractivity contribution is 6.28. The topological polar surface area (TPSA) is 149 Å². The Hall–Kier alpha value is -3.36. The minimum atomic E-state index is -3.95. The van der Waals surface area contributed by atoms with Crippen LogP contribution in [0, 0.1) is 0 Å². The Balaban J connectivity index is 0.00000364. The standard InChI is InChI=1S/C18H14O8.H2/c19-13(11-7-3-1-4-8-11)17(25,15(21)22)18(26,16(23)24)14(20)12-9-5-2-6-10-12;/h1-10,25-26H,(H,21,22)(H,23,24);1H. The van der Waals surface area contributed by atoms with Gasteiger partial charge in [-0.3, -0.25) is 9.59 Å². The van der Waals surface area contributed by atoms with Crippen molar-refractivity contribution in [3.8, 4) is 0 Å². The number of Topliss-reactive ketones (excluding diaryl/α,β-unsaturated/α-hetero) is 2. The quantitative estimate of drug-likeness (QED) is 0.415. The molecule has 0 aliphatic heterocycles. The lowest BCUT2D eigenvalue weighted by atomic mass is 9.73. The lowest BCUT2D eigenvalue weighted by Crippen LogP contribution is -2.71. The maximum atomic E-state index is 12.6. The number of carbonyl (C=O) groups excluding carboxylic acids is 2. The summed E-state index contributed by atoms with van der Waals surface area (Å²) in [4.78, 5) is 48.5. The molecule has 0 saturated carbocycles. The first-order chi connectivity index (χ1) is 12.2. The molecule has 0 amide bonds. The molecule has 2 aromatic rings. The van der Waals surface area contributed by atoms with E-state index in [1.54, 1.807) is 0 Å². The zero-order chi connectivity index (χ0) is 19.5. The van der Waals surface area contributed by atoms with Crippen molar-refractivity contribution in [3.05, 3.63) is 71.8 Å². The fourth-order valence-electron chi connectivity index (χ4n) is 2.43. The lowest BCUT2D eigenvalue weighted by Gasteiger charge is -2.34. The number of benzene rings is 2. The van der Waals surface area contributed by atoms with E-state index >= 15 is 0 Å². The number of carboxylic acids is 2. The van der Waals surface area contributed by atoms with Crippen LogP contribution >= 0.6 is 0 Å². The van der Waals surface area contributed by atoms with Gasteiger partial charge in [-0.1, -0.05) is 60.7 Å². The van der Waals surface area contributed by atoms with Gasteiger partial charge >= 0.3 is 11.9 Å². The number of carboxylic acid groups (broad SMARTS) is 2. The van der Waals surface area contributed by atoms with Crippen molar-refractivity contribution in [2.24, 2.45) is 0 Å². The van der Waals surface area contributed by atoms with E-state index in [0.29, 0.717) is 0 Å². The average Bonchev–Trinajstić information content (AvgIpc) is 2.66. The van der Waals surface area contributed by atoms with Crippen molar-refractivity contribution >= 4 is 23.5 Å². The summed E-state index contributed by atoms with van der Waals surface area (Å²) in [6.45, 7) is 0. The van der Waals surface area contributed by atoms with Gasteiger partial charge in [0.05, 0.1) is 0 Å². The van der Waals surface area contributed by atoms with Crippen LogP contribution in [0.3, 0.4) is 0 Å². The average molecular weight is 360 g/mol. The molecule has 2 unspecified atom stereocenters. The molecule has 2 aromatic carbocycles. The van der Waals surface area contributed by atoms with Crippen molar-refractivity contribution in [2.75, 3.05) is 0 Å². The number of hydrogen-bond donors (Lipinski definition) is 4. The Morgan fingerprint density at radius 3 is 1.12 bits per heavy atom. The number of aliphatic hydroxyl groups is 2. The maximum Gasteiger partial charge on any atom is 0.348 e. The number of rotatable bonds is 7. The van der Waals surface area contributed by atoms with Crippen molar-refractivity contribution in [2.45, 2.75) is 11.2 Å². The molecular weight excluding hydrogens is 344 g/mol. The summed E-state index contributed by atoms with van der Waals surface area (Å²) < 4.78 is 0. The fourth-order valence-corrected chi connectivity index (χ4v) is 2.43. The molecule has 0 radical (unpaired) electrons. The van der Waals surface area contributed by atoms with Crippen LogP contribution in [0.25, 0.3) is 0 Å². The van der Waals surface area contributed by atoms with Gasteiger partial charge in [-0.2, -0.15) is 0 Å². The molecule has 0 aliphatic carbocycles. The largest absolute Gasteiger partial charge is 0.479 e. The van der Waals surface area contributed by atoms with E-state index in [1.165, 1.54) is 36.4 Å². The minimum absolute atomic E-state index is 0.